The highest BCUT2D eigenvalue weighted by Gasteiger charge is 2.22. The van der Waals surface area contributed by atoms with E-state index in [-0.39, 0.29) is 6.42 Å². The minimum absolute atomic E-state index is 0.00227. The predicted molar refractivity (Wildman–Crippen MR) is 74.9 cm³/mol. The summed E-state index contributed by atoms with van der Waals surface area (Å²) >= 11 is 3.10. The number of H-pyrrole nitrogens is 1. The van der Waals surface area contributed by atoms with Crippen molar-refractivity contribution < 1.29 is 19.1 Å². The summed E-state index contributed by atoms with van der Waals surface area (Å²) in [5.74, 6) is -2.06. The number of aromatic amines is 1. The monoisotopic (exact) mass is 342 g/mol. The molecule has 0 saturated heterocycles. The molecule has 1 amide bonds. The van der Waals surface area contributed by atoms with Gasteiger partial charge in [-0.1, -0.05) is 0 Å². The van der Waals surface area contributed by atoms with Crippen LogP contribution in [0.1, 0.15) is 12.5 Å². The quantitative estimate of drug-likeness (QED) is 0.796. The summed E-state index contributed by atoms with van der Waals surface area (Å²) in [5.41, 5.74) is 1.08. The molecule has 0 fully saturated rings. The highest BCUT2D eigenvalue weighted by atomic mass is 79.9. The van der Waals surface area contributed by atoms with E-state index in [0.29, 0.717) is 20.9 Å². The van der Waals surface area contributed by atoms with Crippen molar-refractivity contribution in [3.05, 3.63) is 34.2 Å². The van der Waals surface area contributed by atoms with Crippen molar-refractivity contribution in [1.82, 2.24) is 10.3 Å². The Kier molecular flexibility index (Phi) is 4.08. The Morgan fingerprint density at radius 1 is 1.50 bits per heavy atom. The van der Waals surface area contributed by atoms with E-state index in [4.69, 9.17) is 5.11 Å². The van der Waals surface area contributed by atoms with E-state index >= 15 is 0 Å². The number of rotatable bonds is 4. The molecular weight excluding hydrogens is 331 g/mol. The third kappa shape index (κ3) is 2.82. The number of aliphatic carboxylic acids is 1. The Morgan fingerprint density at radius 3 is 2.80 bits per heavy atom. The summed E-state index contributed by atoms with van der Waals surface area (Å²) in [6.45, 7) is 1.24. The molecule has 0 spiro atoms. The Hall–Kier alpha value is -1.89. The second kappa shape index (κ2) is 5.62. The number of benzene rings is 1. The second-order valence-corrected chi connectivity index (χ2v) is 5.25. The van der Waals surface area contributed by atoms with Crippen molar-refractivity contribution in [2.24, 2.45) is 0 Å². The van der Waals surface area contributed by atoms with Crippen LogP contribution in [0.25, 0.3) is 10.9 Å². The molecule has 2 rings (SSSR count). The van der Waals surface area contributed by atoms with Gasteiger partial charge in [0.1, 0.15) is 11.9 Å². The second-order valence-electron chi connectivity index (χ2n) is 4.39. The Bertz CT molecular complexity index is 684. The number of carboxylic acids is 1. The molecule has 0 saturated carbocycles. The standard InChI is InChI=1S/C13H12BrFN2O3/c1-6(18)17-10(13(19)20)4-7-5-16-9-3-2-8(14)12(15)11(7)9/h2-3,5,10,16H,4H2,1H3,(H,17,18)(H,19,20). The minimum atomic E-state index is -1.16. The largest absolute Gasteiger partial charge is 0.480 e. The fourth-order valence-corrected chi connectivity index (χ4v) is 2.38. The Labute approximate surface area is 122 Å². The summed E-state index contributed by atoms with van der Waals surface area (Å²) in [4.78, 5) is 25.0. The molecule has 1 atom stereocenters. The fourth-order valence-electron chi connectivity index (χ4n) is 2.05. The predicted octanol–water partition coefficient (Wildman–Crippen LogP) is 2.20. The maximum atomic E-state index is 14.1. The van der Waals surface area contributed by atoms with E-state index in [0.717, 1.165) is 0 Å². The van der Waals surface area contributed by atoms with Crippen molar-refractivity contribution >= 4 is 38.7 Å². The molecule has 2 aromatic rings. The number of carbonyl (C=O) groups is 2. The molecule has 0 bridgehead atoms. The van der Waals surface area contributed by atoms with E-state index in [1.54, 1.807) is 18.3 Å². The molecule has 3 N–H and O–H groups in total. The average molecular weight is 343 g/mol. The SMILES string of the molecule is CC(=O)NC(Cc1c[nH]c2ccc(Br)c(F)c12)C(=O)O. The first-order valence-corrected chi connectivity index (χ1v) is 6.63. The minimum Gasteiger partial charge on any atom is -0.480 e. The number of carboxylic acid groups (broad SMARTS) is 1. The zero-order valence-electron chi connectivity index (χ0n) is 10.5. The van der Waals surface area contributed by atoms with Crippen LogP contribution >= 0.6 is 15.9 Å². The zero-order valence-corrected chi connectivity index (χ0v) is 12.1. The zero-order chi connectivity index (χ0) is 14.9. The van der Waals surface area contributed by atoms with Crippen LogP contribution in [0.5, 0.6) is 0 Å². The van der Waals surface area contributed by atoms with Gasteiger partial charge in [0.15, 0.2) is 0 Å². The molecule has 1 aromatic carbocycles. The van der Waals surface area contributed by atoms with E-state index in [1.165, 1.54) is 6.92 Å². The Morgan fingerprint density at radius 2 is 2.20 bits per heavy atom. The lowest BCUT2D eigenvalue weighted by Gasteiger charge is -2.12. The van der Waals surface area contributed by atoms with Crippen LogP contribution in [-0.2, 0) is 16.0 Å². The van der Waals surface area contributed by atoms with E-state index in [1.807, 2.05) is 0 Å². The van der Waals surface area contributed by atoms with Gasteiger partial charge in [-0.15, -0.1) is 0 Å². The number of hydrogen-bond donors (Lipinski definition) is 3. The van der Waals surface area contributed by atoms with Gasteiger partial charge >= 0.3 is 5.97 Å². The van der Waals surface area contributed by atoms with Crippen LogP contribution in [0.3, 0.4) is 0 Å². The number of halogens is 2. The van der Waals surface area contributed by atoms with Gasteiger partial charge in [0.25, 0.3) is 0 Å². The molecule has 5 nitrogen and oxygen atoms in total. The molecule has 106 valence electrons. The normalized spacial score (nSPS) is 12.3. The third-order valence-electron chi connectivity index (χ3n) is 2.92. The van der Waals surface area contributed by atoms with Crippen molar-refractivity contribution in [2.45, 2.75) is 19.4 Å². The van der Waals surface area contributed by atoms with E-state index < -0.39 is 23.7 Å². The van der Waals surface area contributed by atoms with Crippen LogP contribution in [0, 0.1) is 5.82 Å². The van der Waals surface area contributed by atoms with Gasteiger partial charge < -0.3 is 15.4 Å². The van der Waals surface area contributed by atoms with Gasteiger partial charge in [0.05, 0.1) is 4.47 Å². The number of fused-ring (bicyclic) bond motifs is 1. The summed E-state index contributed by atoms with van der Waals surface area (Å²) in [6, 6.07) is 2.17. The summed E-state index contributed by atoms with van der Waals surface area (Å²) < 4.78 is 14.4. The van der Waals surface area contributed by atoms with E-state index in [9.17, 15) is 14.0 Å². The maximum Gasteiger partial charge on any atom is 0.326 e. The lowest BCUT2D eigenvalue weighted by molar-refractivity contribution is -0.141. The first-order chi connectivity index (χ1) is 9.40. The number of nitrogens with one attached hydrogen (secondary N) is 2. The maximum absolute atomic E-state index is 14.1. The molecule has 1 aromatic heterocycles. The molecule has 0 aliphatic heterocycles. The van der Waals surface area contributed by atoms with Crippen LogP contribution in [0.2, 0.25) is 0 Å². The van der Waals surface area contributed by atoms with Gasteiger partial charge in [0, 0.05) is 30.4 Å². The van der Waals surface area contributed by atoms with Crippen molar-refractivity contribution in [1.29, 1.82) is 0 Å². The molecule has 1 heterocycles. The van der Waals surface area contributed by atoms with Crippen molar-refractivity contribution in [3.8, 4) is 0 Å². The molecular formula is C13H12BrFN2O3. The Balaban J connectivity index is 2.40. The smallest absolute Gasteiger partial charge is 0.326 e. The van der Waals surface area contributed by atoms with Gasteiger partial charge in [-0.3, -0.25) is 4.79 Å². The molecule has 1 unspecified atom stereocenters. The highest BCUT2D eigenvalue weighted by molar-refractivity contribution is 9.10. The third-order valence-corrected chi connectivity index (χ3v) is 3.53. The highest BCUT2D eigenvalue weighted by Crippen LogP contribution is 2.28. The number of carbonyl (C=O) groups excluding carboxylic acids is 1. The van der Waals surface area contributed by atoms with Gasteiger partial charge in [-0.25, -0.2) is 9.18 Å². The summed E-state index contributed by atoms with van der Waals surface area (Å²) in [5, 5.41) is 11.7. The van der Waals surface area contributed by atoms with Crippen LogP contribution < -0.4 is 5.32 Å². The molecule has 0 radical (unpaired) electrons. The lowest BCUT2D eigenvalue weighted by Crippen LogP contribution is -2.41. The lowest BCUT2D eigenvalue weighted by atomic mass is 10.0. The molecule has 7 heteroatoms. The number of aromatic nitrogens is 1. The first kappa shape index (κ1) is 14.5. The van der Waals surface area contributed by atoms with Crippen LogP contribution in [0.4, 0.5) is 4.39 Å². The van der Waals surface area contributed by atoms with Gasteiger partial charge in [0.2, 0.25) is 5.91 Å². The molecule has 0 aliphatic carbocycles. The number of amides is 1. The number of hydrogen-bond acceptors (Lipinski definition) is 2. The molecule has 0 aliphatic rings. The van der Waals surface area contributed by atoms with E-state index in [2.05, 4.69) is 26.2 Å². The van der Waals surface area contributed by atoms with Crippen LogP contribution in [-0.4, -0.2) is 28.0 Å². The summed E-state index contributed by atoms with van der Waals surface area (Å²) in [7, 11) is 0. The topological polar surface area (TPSA) is 82.2 Å². The summed E-state index contributed by atoms with van der Waals surface area (Å²) in [6.07, 6.45) is 1.56. The molecule has 20 heavy (non-hydrogen) atoms. The first-order valence-electron chi connectivity index (χ1n) is 5.84. The van der Waals surface area contributed by atoms with Gasteiger partial charge in [-0.2, -0.15) is 0 Å². The van der Waals surface area contributed by atoms with Crippen LogP contribution in [0.15, 0.2) is 22.8 Å². The van der Waals surface area contributed by atoms with Crippen molar-refractivity contribution in [2.75, 3.05) is 0 Å². The van der Waals surface area contributed by atoms with Gasteiger partial charge in [-0.05, 0) is 33.6 Å². The fraction of sp³-hybridized carbons (Fsp3) is 0.231. The van der Waals surface area contributed by atoms with Crippen molar-refractivity contribution in [3.63, 3.8) is 0 Å². The average Bonchev–Trinajstić information content (AvgIpc) is 2.76.